The Kier molecular flexibility index (Phi) is 3.97. The standard InChI is InChI=1S/C17H21N3/c18-16-3-1-15(2-4-16)13-20(17-5-6-17)12-9-14-7-10-19-11-8-14/h1-4,7-8,10-11,17H,5-6,9,12-13,18H2. The molecule has 20 heavy (non-hydrogen) atoms. The lowest BCUT2D eigenvalue weighted by Crippen LogP contribution is -2.27. The van der Waals surface area contributed by atoms with Gasteiger partial charge in [-0.1, -0.05) is 12.1 Å². The minimum atomic E-state index is 0.773. The van der Waals surface area contributed by atoms with Gasteiger partial charge in [-0.15, -0.1) is 0 Å². The quantitative estimate of drug-likeness (QED) is 0.818. The molecule has 0 bridgehead atoms. The predicted octanol–water partition coefficient (Wildman–Crippen LogP) is 2.87. The van der Waals surface area contributed by atoms with Crippen LogP contribution in [0.5, 0.6) is 0 Å². The Balaban J connectivity index is 1.60. The van der Waals surface area contributed by atoms with E-state index in [4.69, 9.17) is 5.73 Å². The van der Waals surface area contributed by atoms with Crippen LogP contribution in [0.15, 0.2) is 48.8 Å². The lowest BCUT2D eigenvalue weighted by Gasteiger charge is -2.22. The summed E-state index contributed by atoms with van der Waals surface area (Å²) >= 11 is 0. The number of nitrogens with two attached hydrogens (primary N) is 1. The first-order valence-electron chi connectivity index (χ1n) is 7.28. The van der Waals surface area contributed by atoms with Crippen molar-refractivity contribution < 1.29 is 0 Å². The topological polar surface area (TPSA) is 42.1 Å². The first kappa shape index (κ1) is 13.1. The first-order chi connectivity index (χ1) is 9.81. The molecule has 0 atom stereocenters. The van der Waals surface area contributed by atoms with Crippen molar-refractivity contribution in [2.45, 2.75) is 31.8 Å². The van der Waals surface area contributed by atoms with Crippen LogP contribution < -0.4 is 5.73 Å². The molecule has 0 saturated heterocycles. The molecule has 0 spiro atoms. The fourth-order valence-corrected chi connectivity index (χ4v) is 2.51. The van der Waals surface area contributed by atoms with Gasteiger partial charge in [0.05, 0.1) is 0 Å². The molecule has 0 radical (unpaired) electrons. The third-order valence-corrected chi connectivity index (χ3v) is 3.87. The molecule has 2 aromatic rings. The van der Waals surface area contributed by atoms with Gasteiger partial charge >= 0.3 is 0 Å². The van der Waals surface area contributed by atoms with E-state index in [2.05, 4.69) is 34.1 Å². The van der Waals surface area contributed by atoms with Crippen molar-refractivity contribution >= 4 is 5.69 Å². The molecule has 1 aliphatic rings. The number of nitrogen functional groups attached to an aromatic ring is 1. The van der Waals surface area contributed by atoms with E-state index in [0.717, 1.165) is 31.2 Å². The summed E-state index contributed by atoms with van der Waals surface area (Å²) in [5.41, 5.74) is 9.29. The molecule has 0 amide bonds. The van der Waals surface area contributed by atoms with Crippen molar-refractivity contribution in [3.63, 3.8) is 0 Å². The highest BCUT2D eigenvalue weighted by atomic mass is 15.2. The third-order valence-electron chi connectivity index (χ3n) is 3.87. The Morgan fingerprint density at radius 2 is 1.70 bits per heavy atom. The second kappa shape index (κ2) is 6.06. The van der Waals surface area contributed by atoms with E-state index < -0.39 is 0 Å². The summed E-state index contributed by atoms with van der Waals surface area (Å²) in [4.78, 5) is 6.66. The maximum absolute atomic E-state index is 5.74. The highest BCUT2D eigenvalue weighted by molar-refractivity contribution is 5.39. The number of rotatable bonds is 6. The van der Waals surface area contributed by atoms with Crippen molar-refractivity contribution in [2.24, 2.45) is 0 Å². The normalized spacial score (nSPS) is 14.7. The van der Waals surface area contributed by atoms with Crippen LogP contribution in [0, 0.1) is 0 Å². The number of aromatic nitrogens is 1. The van der Waals surface area contributed by atoms with Crippen LogP contribution in [0.2, 0.25) is 0 Å². The molecule has 1 saturated carbocycles. The molecule has 2 N–H and O–H groups in total. The third kappa shape index (κ3) is 3.58. The Hall–Kier alpha value is -1.87. The highest BCUT2D eigenvalue weighted by Gasteiger charge is 2.28. The molecule has 1 heterocycles. The summed E-state index contributed by atoms with van der Waals surface area (Å²) in [6.45, 7) is 2.13. The summed E-state index contributed by atoms with van der Waals surface area (Å²) in [6.07, 6.45) is 7.51. The van der Waals surface area contributed by atoms with Crippen molar-refractivity contribution in [3.8, 4) is 0 Å². The Labute approximate surface area is 120 Å². The second-order valence-corrected chi connectivity index (χ2v) is 5.55. The first-order valence-corrected chi connectivity index (χ1v) is 7.28. The zero-order chi connectivity index (χ0) is 13.8. The molecule has 3 nitrogen and oxygen atoms in total. The van der Waals surface area contributed by atoms with Gasteiger partial charge in [0.15, 0.2) is 0 Å². The van der Waals surface area contributed by atoms with E-state index in [0.29, 0.717) is 0 Å². The number of pyridine rings is 1. The number of hydrogen-bond acceptors (Lipinski definition) is 3. The van der Waals surface area contributed by atoms with Gasteiger partial charge in [-0.3, -0.25) is 9.88 Å². The molecule has 1 aromatic carbocycles. The largest absolute Gasteiger partial charge is 0.399 e. The molecule has 1 aliphatic carbocycles. The van der Waals surface area contributed by atoms with Gasteiger partial charge in [-0.25, -0.2) is 0 Å². The van der Waals surface area contributed by atoms with Gasteiger partial charge in [0.25, 0.3) is 0 Å². The van der Waals surface area contributed by atoms with Gasteiger partial charge in [-0.05, 0) is 54.7 Å². The SMILES string of the molecule is Nc1ccc(CN(CCc2ccncc2)C2CC2)cc1. The van der Waals surface area contributed by atoms with E-state index in [-0.39, 0.29) is 0 Å². The van der Waals surface area contributed by atoms with Crippen LogP contribution in [0.25, 0.3) is 0 Å². The van der Waals surface area contributed by atoms with Gasteiger partial charge in [0, 0.05) is 37.2 Å². The summed E-state index contributed by atoms with van der Waals surface area (Å²) < 4.78 is 0. The van der Waals surface area contributed by atoms with Crippen LogP contribution in [-0.2, 0) is 13.0 Å². The Morgan fingerprint density at radius 1 is 1.00 bits per heavy atom. The van der Waals surface area contributed by atoms with Crippen molar-refractivity contribution in [2.75, 3.05) is 12.3 Å². The van der Waals surface area contributed by atoms with Gasteiger partial charge in [-0.2, -0.15) is 0 Å². The second-order valence-electron chi connectivity index (χ2n) is 5.55. The number of nitrogens with zero attached hydrogens (tertiary/aromatic N) is 2. The average Bonchev–Trinajstić information content (AvgIpc) is 3.31. The number of anilines is 1. The van der Waals surface area contributed by atoms with Crippen LogP contribution >= 0.6 is 0 Å². The summed E-state index contributed by atoms with van der Waals surface area (Å²) in [7, 11) is 0. The maximum atomic E-state index is 5.74. The molecule has 1 aromatic heterocycles. The molecule has 0 aliphatic heterocycles. The number of hydrogen-bond donors (Lipinski definition) is 1. The molecule has 3 heteroatoms. The van der Waals surface area contributed by atoms with Crippen molar-refractivity contribution in [1.82, 2.24) is 9.88 Å². The molecular weight excluding hydrogens is 246 g/mol. The van der Waals surface area contributed by atoms with Crippen LogP contribution in [-0.4, -0.2) is 22.5 Å². The molecule has 104 valence electrons. The predicted molar refractivity (Wildman–Crippen MR) is 82.2 cm³/mol. The van der Waals surface area contributed by atoms with Crippen molar-refractivity contribution in [3.05, 3.63) is 59.9 Å². The van der Waals surface area contributed by atoms with Crippen LogP contribution in [0.4, 0.5) is 5.69 Å². The zero-order valence-electron chi connectivity index (χ0n) is 11.7. The van der Waals surface area contributed by atoms with Crippen LogP contribution in [0.3, 0.4) is 0 Å². The van der Waals surface area contributed by atoms with Gasteiger partial charge in [0.2, 0.25) is 0 Å². The lowest BCUT2D eigenvalue weighted by atomic mass is 10.1. The lowest BCUT2D eigenvalue weighted by molar-refractivity contribution is 0.258. The van der Waals surface area contributed by atoms with E-state index in [1.165, 1.54) is 24.0 Å². The van der Waals surface area contributed by atoms with Gasteiger partial charge in [0.1, 0.15) is 0 Å². The monoisotopic (exact) mass is 267 g/mol. The van der Waals surface area contributed by atoms with Crippen LogP contribution in [0.1, 0.15) is 24.0 Å². The molecule has 0 unspecified atom stereocenters. The fourth-order valence-electron chi connectivity index (χ4n) is 2.51. The Morgan fingerprint density at radius 3 is 2.35 bits per heavy atom. The van der Waals surface area contributed by atoms with E-state index in [9.17, 15) is 0 Å². The molecular formula is C17H21N3. The molecule has 3 rings (SSSR count). The minimum absolute atomic E-state index is 0.773. The zero-order valence-corrected chi connectivity index (χ0v) is 11.7. The minimum Gasteiger partial charge on any atom is -0.399 e. The maximum Gasteiger partial charge on any atom is 0.0314 e. The van der Waals surface area contributed by atoms with E-state index in [1.807, 2.05) is 24.5 Å². The number of benzene rings is 1. The smallest absolute Gasteiger partial charge is 0.0314 e. The van der Waals surface area contributed by atoms with E-state index >= 15 is 0 Å². The van der Waals surface area contributed by atoms with Gasteiger partial charge < -0.3 is 5.73 Å². The summed E-state index contributed by atoms with van der Waals surface area (Å²) in [5, 5.41) is 0. The summed E-state index contributed by atoms with van der Waals surface area (Å²) in [6, 6.07) is 13.2. The fraction of sp³-hybridized carbons (Fsp3) is 0.353. The Bertz CT molecular complexity index is 532. The average molecular weight is 267 g/mol. The van der Waals surface area contributed by atoms with Crippen molar-refractivity contribution in [1.29, 1.82) is 0 Å². The molecule has 1 fully saturated rings. The highest BCUT2D eigenvalue weighted by Crippen LogP contribution is 2.28. The summed E-state index contributed by atoms with van der Waals surface area (Å²) in [5.74, 6) is 0. The van der Waals surface area contributed by atoms with E-state index in [1.54, 1.807) is 0 Å².